The number of likely N-dealkylation sites (tertiary alicyclic amines) is 1. The molecule has 244 valence electrons. The van der Waals surface area contributed by atoms with Crippen LogP contribution in [-0.4, -0.2) is 72.1 Å². The highest BCUT2D eigenvalue weighted by molar-refractivity contribution is 6.91. The molecular weight excluding hydrogens is 613 g/mol. The molecule has 0 saturated carbocycles. The van der Waals surface area contributed by atoms with E-state index in [1.165, 1.54) is 9.87 Å². The van der Waals surface area contributed by atoms with Gasteiger partial charge in [-0.05, 0) is 54.8 Å². The first-order chi connectivity index (χ1) is 22.6. The van der Waals surface area contributed by atoms with E-state index in [1.54, 1.807) is 36.4 Å². The number of aromatic nitrogens is 2. The molecule has 2 N–H and O–H groups in total. The van der Waals surface area contributed by atoms with Gasteiger partial charge in [-0.3, -0.25) is 14.4 Å². The number of amides is 2. The van der Waals surface area contributed by atoms with Gasteiger partial charge in [0.1, 0.15) is 5.75 Å². The lowest BCUT2D eigenvalue weighted by Crippen LogP contribution is -2.52. The van der Waals surface area contributed by atoms with Gasteiger partial charge in [-0.2, -0.15) is 9.78 Å². The van der Waals surface area contributed by atoms with E-state index >= 15 is 0 Å². The van der Waals surface area contributed by atoms with Gasteiger partial charge in [0.2, 0.25) is 5.91 Å². The van der Waals surface area contributed by atoms with E-state index < -0.39 is 19.8 Å². The van der Waals surface area contributed by atoms with E-state index in [0.717, 1.165) is 24.0 Å². The summed E-state index contributed by atoms with van der Waals surface area (Å²) in [7, 11) is -0.811. The van der Waals surface area contributed by atoms with Gasteiger partial charge in [0, 0.05) is 29.1 Å². The first kappa shape index (κ1) is 31.3. The number of ether oxygens (including phenoxy) is 2. The number of carbonyl (C=O) groups is 2. The maximum atomic E-state index is 14.2. The number of hydrogen-bond donors (Lipinski definition) is 2. The normalized spacial score (nSPS) is 25.4. The van der Waals surface area contributed by atoms with Crippen molar-refractivity contribution in [1.29, 1.82) is 0 Å². The molecule has 4 aromatic rings. The zero-order chi connectivity index (χ0) is 33.1. The molecule has 0 aliphatic carbocycles. The number of nitrogens with one attached hydrogen (secondary N) is 1. The monoisotopic (exact) mass is 652 g/mol. The third-order valence-electron chi connectivity index (χ3n) is 10.8. The highest BCUT2D eigenvalue weighted by Crippen LogP contribution is 2.58. The lowest BCUT2D eigenvalue weighted by molar-refractivity contribution is -0.148. The van der Waals surface area contributed by atoms with Gasteiger partial charge in [0.15, 0.2) is 5.60 Å². The molecule has 2 fully saturated rings. The second-order valence-corrected chi connectivity index (χ2v) is 18.2. The van der Waals surface area contributed by atoms with E-state index in [1.807, 2.05) is 36.4 Å². The SMILES string of the molecule is COc1ccc([Si](C)(C)[C@@H]2[C@@H](CC(=O)N3CCC[C@H]3CO)O[C@]3(C(=O)Nc4ccc(-n5ncc6ccccc6c5=O)cc43)[C@H]2C)cc1. The fourth-order valence-corrected chi connectivity index (χ4v) is 12.4. The van der Waals surface area contributed by atoms with Crippen LogP contribution in [0.5, 0.6) is 5.75 Å². The Bertz CT molecular complexity index is 1930. The highest BCUT2D eigenvalue weighted by atomic mass is 28.3. The lowest BCUT2D eigenvalue weighted by Gasteiger charge is -2.37. The Morgan fingerprint density at radius 2 is 1.89 bits per heavy atom. The number of benzene rings is 3. The summed E-state index contributed by atoms with van der Waals surface area (Å²) in [5, 5.41) is 19.9. The summed E-state index contributed by atoms with van der Waals surface area (Å²) in [6, 6.07) is 20.6. The van der Waals surface area contributed by atoms with E-state index in [9.17, 15) is 19.5 Å². The highest BCUT2D eigenvalue weighted by Gasteiger charge is 2.65. The minimum absolute atomic E-state index is 0.0698. The molecule has 1 aromatic heterocycles. The Morgan fingerprint density at radius 3 is 2.64 bits per heavy atom. The molecule has 3 aliphatic heterocycles. The number of aliphatic hydroxyl groups is 1. The second kappa shape index (κ2) is 11.7. The first-order valence-corrected chi connectivity index (χ1v) is 19.3. The average molecular weight is 653 g/mol. The molecule has 2 amide bonds. The number of carbonyl (C=O) groups excluding carboxylic acids is 2. The number of methoxy groups -OCH3 is 1. The van der Waals surface area contributed by atoms with Crippen LogP contribution in [0.3, 0.4) is 0 Å². The van der Waals surface area contributed by atoms with Gasteiger partial charge >= 0.3 is 0 Å². The molecule has 4 heterocycles. The summed E-state index contributed by atoms with van der Waals surface area (Å²) >= 11 is 0. The molecule has 3 aliphatic rings. The molecule has 2 saturated heterocycles. The molecule has 47 heavy (non-hydrogen) atoms. The van der Waals surface area contributed by atoms with Crippen LogP contribution in [0.4, 0.5) is 5.69 Å². The molecule has 10 nitrogen and oxygen atoms in total. The lowest BCUT2D eigenvalue weighted by atomic mass is 9.82. The number of fused-ring (bicyclic) bond motifs is 3. The summed E-state index contributed by atoms with van der Waals surface area (Å²) < 4.78 is 13.8. The number of anilines is 1. The van der Waals surface area contributed by atoms with Gasteiger partial charge in [-0.1, -0.05) is 55.5 Å². The Hall–Kier alpha value is -4.32. The van der Waals surface area contributed by atoms with Crippen molar-refractivity contribution in [2.75, 3.05) is 25.6 Å². The molecule has 1 spiro atoms. The zero-order valence-electron chi connectivity index (χ0n) is 27.1. The van der Waals surface area contributed by atoms with Crippen molar-refractivity contribution < 1.29 is 24.2 Å². The molecule has 7 rings (SSSR count). The summed E-state index contributed by atoms with van der Waals surface area (Å²) in [6.45, 7) is 7.12. The number of nitrogens with zero attached hydrogens (tertiary/aromatic N) is 3. The van der Waals surface area contributed by atoms with Crippen molar-refractivity contribution in [2.45, 2.75) is 62.6 Å². The van der Waals surface area contributed by atoms with Crippen LogP contribution >= 0.6 is 0 Å². The topological polar surface area (TPSA) is 123 Å². The third-order valence-corrected chi connectivity index (χ3v) is 15.2. The molecule has 0 radical (unpaired) electrons. The fraction of sp³-hybridized carbons (Fsp3) is 0.389. The van der Waals surface area contributed by atoms with Crippen LogP contribution in [0.2, 0.25) is 18.6 Å². The van der Waals surface area contributed by atoms with Crippen LogP contribution in [0.25, 0.3) is 16.5 Å². The molecule has 0 bridgehead atoms. The largest absolute Gasteiger partial charge is 0.497 e. The van der Waals surface area contributed by atoms with Gasteiger partial charge in [-0.15, -0.1) is 0 Å². The third kappa shape index (κ3) is 4.90. The van der Waals surface area contributed by atoms with E-state index in [0.29, 0.717) is 28.9 Å². The summed E-state index contributed by atoms with van der Waals surface area (Å²) in [5.74, 6) is 0.106. The van der Waals surface area contributed by atoms with Gasteiger partial charge < -0.3 is 24.8 Å². The Balaban J connectivity index is 1.33. The quantitative estimate of drug-likeness (QED) is 0.290. The van der Waals surface area contributed by atoms with Crippen molar-refractivity contribution in [2.24, 2.45) is 5.92 Å². The summed E-state index contributed by atoms with van der Waals surface area (Å²) in [6.07, 6.45) is 2.83. The maximum absolute atomic E-state index is 14.2. The second-order valence-electron chi connectivity index (χ2n) is 13.6. The molecule has 11 heteroatoms. The van der Waals surface area contributed by atoms with Gasteiger partial charge in [-0.25, -0.2) is 0 Å². The minimum Gasteiger partial charge on any atom is -0.497 e. The zero-order valence-corrected chi connectivity index (χ0v) is 28.1. The Kier molecular flexibility index (Phi) is 7.81. The predicted octanol–water partition coefficient (Wildman–Crippen LogP) is 3.94. The predicted molar refractivity (Wildman–Crippen MR) is 182 cm³/mol. The van der Waals surface area contributed by atoms with E-state index in [2.05, 4.69) is 42.6 Å². The number of hydrogen-bond acceptors (Lipinski definition) is 7. The van der Waals surface area contributed by atoms with Crippen LogP contribution in [0, 0.1) is 5.92 Å². The molecule has 0 unspecified atom stereocenters. The molecule has 3 aromatic carbocycles. The average Bonchev–Trinajstić information content (AvgIpc) is 3.76. The fourth-order valence-electron chi connectivity index (χ4n) is 8.37. The van der Waals surface area contributed by atoms with Crippen molar-refractivity contribution in [3.05, 3.63) is 88.8 Å². The minimum atomic E-state index is -2.45. The standard InChI is InChI=1S/C36H40N4O6Si/c1-22-33(47(3,4)27-14-12-26(45-2)13-15-27)31(19-32(42)39-17-7-9-25(39)21-41)46-36(22)29-18-24(11-16-30(29)38-35(36)44)40-34(43)28-10-6-5-8-23(28)20-37-40/h5-6,8,10-16,18,20,22,25,31,33,41H,7,9,17,19,21H2,1-4H3,(H,38,44)/t22-,25-,31+,33-,36+/m0/s1. The Labute approximate surface area is 274 Å². The van der Waals surface area contributed by atoms with Crippen molar-refractivity contribution >= 4 is 41.5 Å². The van der Waals surface area contributed by atoms with Gasteiger partial charge in [0.25, 0.3) is 11.5 Å². The number of rotatable bonds is 7. The van der Waals surface area contributed by atoms with Crippen LogP contribution in [-0.2, 0) is 19.9 Å². The summed E-state index contributed by atoms with van der Waals surface area (Å²) in [4.78, 5) is 43.4. The van der Waals surface area contributed by atoms with Gasteiger partial charge in [0.05, 0.1) is 57.6 Å². The number of aliphatic hydroxyl groups excluding tert-OH is 1. The smallest absolute Gasteiger partial charge is 0.279 e. The van der Waals surface area contributed by atoms with Crippen molar-refractivity contribution in [3.8, 4) is 11.4 Å². The van der Waals surface area contributed by atoms with Crippen LogP contribution in [0.1, 0.15) is 31.7 Å². The van der Waals surface area contributed by atoms with Crippen LogP contribution in [0.15, 0.2) is 77.7 Å². The van der Waals surface area contributed by atoms with Crippen molar-refractivity contribution in [1.82, 2.24) is 14.7 Å². The van der Waals surface area contributed by atoms with Crippen LogP contribution < -0.4 is 20.8 Å². The van der Waals surface area contributed by atoms with Crippen molar-refractivity contribution in [3.63, 3.8) is 0 Å². The van der Waals surface area contributed by atoms with E-state index in [-0.39, 0.29) is 47.9 Å². The first-order valence-electron chi connectivity index (χ1n) is 16.3. The summed E-state index contributed by atoms with van der Waals surface area (Å²) in [5.41, 5.74) is 0.0265. The maximum Gasteiger partial charge on any atom is 0.279 e. The molecular formula is C36H40N4O6Si. The molecule has 5 atom stereocenters. The van der Waals surface area contributed by atoms with E-state index in [4.69, 9.17) is 9.47 Å². The Morgan fingerprint density at radius 1 is 1.13 bits per heavy atom.